The van der Waals surface area contributed by atoms with Gasteiger partial charge in [-0.1, -0.05) is 32.0 Å². The van der Waals surface area contributed by atoms with E-state index in [1.807, 2.05) is 32.0 Å². The monoisotopic (exact) mass is 358 g/mol. The van der Waals surface area contributed by atoms with Gasteiger partial charge in [-0.3, -0.25) is 0 Å². The summed E-state index contributed by atoms with van der Waals surface area (Å²) in [7, 11) is 0. The first kappa shape index (κ1) is 18.0. The molecule has 6 heteroatoms. The van der Waals surface area contributed by atoms with Gasteiger partial charge in [0.2, 0.25) is 0 Å². The van der Waals surface area contributed by atoms with Crippen molar-refractivity contribution >= 4 is 6.03 Å². The van der Waals surface area contributed by atoms with Gasteiger partial charge in [0, 0.05) is 6.54 Å². The van der Waals surface area contributed by atoms with Crippen LogP contribution in [0.1, 0.15) is 31.0 Å². The first-order chi connectivity index (χ1) is 12.5. The molecule has 0 saturated carbocycles. The molecule has 138 valence electrons. The first-order valence-corrected chi connectivity index (χ1v) is 8.71. The summed E-state index contributed by atoms with van der Waals surface area (Å²) in [6.07, 6.45) is 0. The molecule has 1 heterocycles. The number of carbonyl (C=O) groups excluding carboxylic acids is 1. The van der Waals surface area contributed by atoms with Gasteiger partial charge in [0.1, 0.15) is 19.0 Å². The number of rotatable bonds is 5. The fraction of sp³-hybridized carbons (Fsp3) is 0.350. The topological polar surface area (TPSA) is 59.6 Å². The third kappa shape index (κ3) is 4.45. The molecule has 0 spiro atoms. The summed E-state index contributed by atoms with van der Waals surface area (Å²) >= 11 is 0. The lowest BCUT2D eigenvalue weighted by Gasteiger charge is -2.23. The van der Waals surface area contributed by atoms with E-state index in [9.17, 15) is 9.18 Å². The maximum Gasteiger partial charge on any atom is 0.315 e. The van der Waals surface area contributed by atoms with Crippen LogP contribution in [0.4, 0.5) is 9.18 Å². The average Bonchev–Trinajstić information content (AvgIpc) is 2.65. The third-order valence-corrected chi connectivity index (χ3v) is 4.24. The number of ether oxygens (including phenoxy) is 2. The molecule has 2 aromatic rings. The number of hydrogen-bond donors (Lipinski definition) is 2. The van der Waals surface area contributed by atoms with Gasteiger partial charge in [0.15, 0.2) is 11.5 Å². The largest absolute Gasteiger partial charge is 0.486 e. The fourth-order valence-electron chi connectivity index (χ4n) is 2.88. The lowest BCUT2D eigenvalue weighted by molar-refractivity contribution is 0.171. The van der Waals surface area contributed by atoms with Crippen molar-refractivity contribution in [3.8, 4) is 11.5 Å². The Balaban J connectivity index is 1.59. The summed E-state index contributed by atoms with van der Waals surface area (Å²) in [5, 5.41) is 5.81. The van der Waals surface area contributed by atoms with Gasteiger partial charge in [-0.25, -0.2) is 9.18 Å². The number of amides is 2. The number of hydrogen-bond acceptors (Lipinski definition) is 3. The SMILES string of the molecule is CC(C)[C@@H](NC(=O)NCc1ccc2c(c1)OCCO2)c1ccc(F)cc1. The van der Waals surface area contributed by atoms with E-state index in [0.29, 0.717) is 25.5 Å². The zero-order chi connectivity index (χ0) is 18.5. The van der Waals surface area contributed by atoms with Crippen LogP contribution in [0.2, 0.25) is 0 Å². The highest BCUT2D eigenvalue weighted by Crippen LogP contribution is 2.30. The third-order valence-electron chi connectivity index (χ3n) is 4.24. The van der Waals surface area contributed by atoms with E-state index < -0.39 is 0 Å². The van der Waals surface area contributed by atoms with Crippen molar-refractivity contribution < 1.29 is 18.7 Å². The van der Waals surface area contributed by atoms with E-state index in [1.54, 1.807) is 12.1 Å². The molecule has 0 unspecified atom stereocenters. The van der Waals surface area contributed by atoms with Crippen LogP contribution < -0.4 is 20.1 Å². The quantitative estimate of drug-likeness (QED) is 0.855. The Morgan fingerprint density at radius 3 is 2.46 bits per heavy atom. The van der Waals surface area contributed by atoms with Crippen LogP contribution in [-0.4, -0.2) is 19.2 Å². The smallest absolute Gasteiger partial charge is 0.315 e. The second-order valence-corrected chi connectivity index (χ2v) is 6.58. The van der Waals surface area contributed by atoms with Gasteiger partial charge in [-0.2, -0.15) is 0 Å². The Hall–Kier alpha value is -2.76. The number of fused-ring (bicyclic) bond motifs is 1. The van der Waals surface area contributed by atoms with Gasteiger partial charge >= 0.3 is 6.03 Å². The summed E-state index contributed by atoms with van der Waals surface area (Å²) in [5.41, 5.74) is 1.79. The van der Waals surface area contributed by atoms with E-state index in [-0.39, 0.29) is 23.8 Å². The molecule has 0 saturated heterocycles. The zero-order valence-corrected chi connectivity index (χ0v) is 14.9. The normalized spacial score (nSPS) is 14.0. The highest BCUT2D eigenvalue weighted by Gasteiger charge is 2.18. The van der Waals surface area contributed by atoms with Crippen LogP contribution in [0.3, 0.4) is 0 Å². The second kappa shape index (κ2) is 8.08. The Labute approximate surface area is 152 Å². The van der Waals surface area contributed by atoms with Gasteiger partial charge in [0.05, 0.1) is 6.04 Å². The van der Waals surface area contributed by atoms with Crippen molar-refractivity contribution in [3.05, 3.63) is 59.4 Å². The molecule has 1 aliphatic heterocycles. The molecule has 1 aliphatic rings. The summed E-state index contributed by atoms with van der Waals surface area (Å²) in [4.78, 5) is 12.3. The molecule has 2 aromatic carbocycles. The van der Waals surface area contributed by atoms with Crippen LogP contribution in [0.5, 0.6) is 11.5 Å². The minimum atomic E-state index is -0.292. The first-order valence-electron chi connectivity index (χ1n) is 8.71. The average molecular weight is 358 g/mol. The minimum Gasteiger partial charge on any atom is -0.486 e. The molecule has 0 aromatic heterocycles. The van der Waals surface area contributed by atoms with Gasteiger partial charge in [-0.05, 0) is 41.3 Å². The number of urea groups is 1. The van der Waals surface area contributed by atoms with Gasteiger partial charge in [0.25, 0.3) is 0 Å². The van der Waals surface area contributed by atoms with Crippen LogP contribution >= 0.6 is 0 Å². The van der Waals surface area contributed by atoms with E-state index in [4.69, 9.17) is 9.47 Å². The standard InChI is InChI=1S/C20H23FN2O3/c1-13(2)19(15-4-6-16(21)7-5-15)23-20(24)22-12-14-3-8-17-18(11-14)26-10-9-25-17/h3-8,11,13,19H,9-10,12H2,1-2H3,(H2,22,23,24)/t19-/m1/s1. The number of benzene rings is 2. The van der Waals surface area contributed by atoms with Gasteiger partial charge in [-0.15, -0.1) is 0 Å². The lowest BCUT2D eigenvalue weighted by Crippen LogP contribution is -2.39. The lowest BCUT2D eigenvalue weighted by atomic mass is 9.96. The second-order valence-electron chi connectivity index (χ2n) is 6.58. The maximum atomic E-state index is 13.1. The van der Waals surface area contributed by atoms with Gasteiger partial charge < -0.3 is 20.1 Å². The molecule has 0 aliphatic carbocycles. The molecular weight excluding hydrogens is 335 g/mol. The van der Waals surface area contributed by atoms with Crippen molar-refractivity contribution in [1.82, 2.24) is 10.6 Å². The van der Waals surface area contributed by atoms with Crippen LogP contribution in [-0.2, 0) is 6.54 Å². The van der Waals surface area contributed by atoms with Crippen molar-refractivity contribution in [2.24, 2.45) is 5.92 Å². The summed E-state index contributed by atoms with van der Waals surface area (Å²) in [5.74, 6) is 1.29. The van der Waals surface area contributed by atoms with Crippen LogP contribution in [0.15, 0.2) is 42.5 Å². The van der Waals surface area contributed by atoms with Crippen LogP contribution in [0.25, 0.3) is 0 Å². The molecular formula is C20H23FN2O3. The highest BCUT2D eigenvalue weighted by molar-refractivity contribution is 5.74. The van der Waals surface area contributed by atoms with Crippen molar-refractivity contribution in [2.45, 2.75) is 26.4 Å². The molecule has 3 rings (SSSR count). The van der Waals surface area contributed by atoms with Crippen LogP contribution in [0, 0.1) is 11.7 Å². The Kier molecular flexibility index (Phi) is 5.61. The van der Waals surface area contributed by atoms with E-state index >= 15 is 0 Å². The van der Waals surface area contributed by atoms with Crippen molar-refractivity contribution in [2.75, 3.05) is 13.2 Å². The Bertz CT molecular complexity index is 762. The molecule has 0 bridgehead atoms. The fourth-order valence-corrected chi connectivity index (χ4v) is 2.88. The number of halogens is 1. The molecule has 26 heavy (non-hydrogen) atoms. The van der Waals surface area contributed by atoms with E-state index in [1.165, 1.54) is 12.1 Å². The predicted octanol–water partition coefficient (Wildman–Crippen LogP) is 3.79. The molecule has 1 atom stereocenters. The molecule has 2 amide bonds. The molecule has 0 radical (unpaired) electrons. The maximum absolute atomic E-state index is 13.1. The van der Waals surface area contributed by atoms with Crippen molar-refractivity contribution in [3.63, 3.8) is 0 Å². The number of nitrogens with one attached hydrogen (secondary N) is 2. The minimum absolute atomic E-state index is 0.167. The number of carbonyl (C=O) groups is 1. The molecule has 2 N–H and O–H groups in total. The zero-order valence-electron chi connectivity index (χ0n) is 14.9. The summed E-state index contributed by atoms with van der Waals surface area (Å²) < 4.78 is 24.2. The van der Waals surface area contributed by atoms with Crippen molar-refractivity contribution in [1.29, 1.82) is 0 Å². The molecule has 0 fully saturated rings. The predicted molar refractivity (Wildman–Crippen MR) is 96.8 cm³/mol. The Morgan fingerprint density at radius 2 is 1.77 bits per heavy atom. The summed E-state index contributed by atoms with van der Waals surface area (Å²) in [6.45, 7) is 5.46. The highest BCUT2D eigenvalue weighted by atomic mass is 19.1. The molecule has 5 nitrogen and oxygen atoms in total. The summed E-state index contributed by atoms with van der Waals surface area (Å²) in [6, 6.07) is 11.3. The van der Waals surface area contributed by atoms with E-state index in [0.717, 1.165) is 16.9 Å². The van der Waals surface area contributed by atoms with E-state index in [2.05, 4.69) is 10.6 Å². The Morgan fingerprint density at radius 1 is 1.08 bits per heavy atom.